The van der Waals surface area contributed by atoms with E-state index in [-0.39, 0.29) is 6.04 Å². The number of ether oxygens (including phenoxy) is 1. The molecular weight excluding hydrogens is 382 g/mol. The van der Waals surface area contributed by atoms with Crippen molar-refractivity contribution in [2.45, 2.75) is 32.5 Å². The van der Waals surface area contributed by atoms with Gasteiger partial charge in [0.15, 0.2) is 5.82 Å². The summed E-state index contributed by atoms with van der Waals surface area (Å²) < 4.78 is 5.70. The Kier molecular flexibility index (Phi) is 5.92. The molecule has 0 aliphatic carbocycles. The first-order valence-corrected chi connectivity index (χ1v) is 9.87. The highest BCUT2D eigenvalue weighted by Gasteiger charge is 2.08. The second-order valence-corrected chi connectivity index (χ2v) is 7.32. The van der Waals surface area contributed by atoms with Crippen LogP contribution in [0.2, 0.25) is 0 Å². The predicted octanol–water partition coefficient (Wildman–Crippen LogP) is 3.18. The lowest BCUT2D eigenvalue weighted by Gasteiger charge is -2.15. The highest BCUT2D eigenvalue weighted by molar-refractivity contribution is 5.82. The van der Waals surface area contributed by atoms with Crippen LogP contribution in [0.3, 0.4) is 0 Å². The predicted molar refractivity (Wildman–Crippen MR) is 116 cm³/mol. The molecule has 2 heterocycles. The van der Waals surface area contributed by atoms with E-state index in [9.17, 15) is 5.11 Å². The Hall–Kier alpha value is -3.43. The SMILES string of the molecule is CC(C)NC(O)CCOc1ccc(-c2nnc(Nc3ccc4[nH]ncc4c3)[nH]2)cc1. The third-order valence-corrected chi connectivity index (χ3v) is 4.50. The molecule has 0 aliphatic rings. The van der Waals surface area contributed by atoms with Crippen molar-refractivity contribution < 1.29 is 9.84 Å². The fraction of sp³-hybridized carbons (Fsp3) is 0.286. The number of nitrogens with zero attached hydrogens (tertiary/aromatic N) is 3. The Balaban J connectivity index is 1.34. The topological polar surface area (TPSA) is 124 Å². The summed E-state index contributed by atoms with van der Waals surface area (Å²) in [5.41, 5.74) is 2.77. The molecule has 156 valence electrons. The maximum Gasteiger partial charge on any atom is 0.226 e. The van der Waals surface area contributed by atoms with Crippen molar-refractivity contribution in [3.05, 3.63) is 48.7 Å². The van der Waals surface area contributed by atoms with E-state index in [0.717, 1.165) is 27.9 Å². The number of aromatic nitrogens is 5. The zero-order chi connectivity index (χ0) is 20.9. The molecule has 0 saturated carbocycles. The van der Waals surface area contributed by atoms with Gasteiger partial charge in [0.2, 0.25) is 5.95 Å². The third kappa shape index (κ3) is 4.94. The Labute approximate surface area is 173 Å². The van der Waals surface area contributed by atoms with Gasteiger partial charge in [0.1, 0.15) is 12.0 Å². The Morgan fingerprint density at radius 1 is 1.10 bits per heavy atom. The maximum absolute atomic E-state index is 9.82. The first kappa shape index (κ1) is 19.9. The smallest absolute Gasteiger partial charge is 0.226 e. The van der Waals surface area contributed by atoms with Crippen molar-refractivity contribution in [2.24, 2.45) is 0 Å². The normalized spacial score (nSPS) is 12.4. The second-order valence-electron chi connectivity index (χ2n) is 7.32. The summed E-state index contributed by atoms with van der Waals surface area (Å²) in [6.07, 6.45) is 1.72. The average molecular weight is 407 g/mol. The van der Waals surface area contributed by atoms with E-state index in [4.69, 9.17) is 4.74 Å². The Morgan fingerprint density at radius 2 is 1.93 bits per heavy atom. The lowest BCUT2D eigenvalue weighted by molar-refractivity contribution is 0.0996. The number of benzene rings is 2. The van der Waals surface area contributed by atoms with E-state index in [1.807, 2.05) is 56.3 Å². The van der Waals surface area contributed by atoms with E-state index in [0.29, 0.717) is 24.8 Å². The van der Waals surface area contributed by atoms with Crippen LogP contribution in [0, 0.1) is 0 Å². The highest BCUT2D eigenvalue weighted by atomic mass is 16.5. The molecule has 0 fully saturated rings. The van der Waals surface area contributed by atoms with Crippen LogP contribution in [0.25, 0.3) is 22.3 Å². The minimum atomic E-state index is -0.571. The summed E-state index contributed by atoms with van der Waals surface area (Å²) in [7, 11) is 0. The molecule has 2 aromatic heterocycles. The summed E-state index contributed by atoms with van der Waals surface area (Å²) in [5.74, 6) is 1.95. The highest BCUT2D eigenvalue weighted by Crippen LogP contribution is 2.23. The van der Waals surface area contributed by atoms with Crippen LogP contribution in [-0.4, -0.2) is 49.4 Å². The van der Waals surface area contributed by atoms with Crippen LogP contribution in [-0.2, 0) is 0 Å². The summed E-state index contributed by atoms with van der Waals surface area (Å²) in [6, 6.07) is 13.7. The van der Waals surface area contributed by atoms with Crippen molar-refractivity contribution in [1.29, 1.82) is 0 Å². The minimum Gasteiger partial charge on any atom is -0.493 e. The molecule has 1 atom stereocenters. The molecular formula is C21H25N7O2. The first-order valence-electron chi connectivity index (χ1n) is 9.87. The van der Waals surface area contributed by atoms with E-state index < -0.39 is 6.23 Å². The first-order chi connectivity index (χ1) is 14.6. The quantitative estimate of drug-likeness (QED) is 0.270. The molecule has 9 heteroatoms. The second kappa shape index (κ2) is 8.93. The number of hydrogen-bond acceptors (Lipinski definition) is 7. The van der Waals surface area contributed by atoms with Crippen LogP contribution >= 0.6 is 0 Å². The zero-order valence-corrected chi connectivity index (χ0v) is 16.9. The van der Waals surface area contributed by atoms with E-state index in [1.54, 1.807) is 6.20 Å². The number of anilines is 2. The van der Waals surface area contributed by atoms with Crippen LogP contribution in [0.15, 0.2) is 48.7 Å². The maximum atomic E-state index is 9.82. The minimum absolute atomic E-state index is 0.231. The number of aliphatic hydroxyl groups excluding tert-OH is 1. The summed E-state index contributed by atoms with van der Waals surface area (Å²) >= 11 is 0. The fourth-order valence-corrected chi connectivity index (χ4v) is 3.07. The molecule has 0 amide bonds. The van der Waals surface area contributed by atoms with Crippen LogP contribution in [0.4, 0.5) is 11.6 Å². The number of hydrogen-bond donors (Lipinski definition) is 5. The molecule has 9 nitrogen and oxygen atoms in total. The molecule has 5 N–H and O–H groups in total. The van der Waals surface area contributed by atoms with Gasteiger partial charge in [0, 0.05) is 29.1 Å². The molecule has 0 spiro atoms. The molecule has 0 saturated heterocycles. The lowest BCUT2D eigenvalue weighted by atomic mass is 10.2. The molecule has 0 bridgehead atoms. The Bertz CT molecular complexity index is 1090. The standard InChI is InChI=1S/C21H25N7O2/c1-13(2)23-19(29)9-10-30-17-6-3-14(4-7-17)20-25-21(28-27-20)24-16-5-8-18-15(11-16)12-22-26-18/h3-8,11-13,19,23,29H,9-10H2,1-2H3,(H,22,26)(H2,24,25,27,28). The number of aliphatic hydroxyl groups is 1. The number of fused-ring (bicyclic) bond motifs is 1. The van der Waals surface area contributed by atoms with Gasteiger partial charge in [-0.1, -0.05) is 0 Å². The van der Waals surface area contributed by atoms with Gasteiger partial charge in [-0.05, 0) is 56.3 Å². The van der Waals surface area contributed by atoms with E-state index >= 15 is 0 Å². The van der Waals surface area contributed by atoms with Crippen molar-refractivity contribution >= 4 is 22.5 Å². The van der Waals surface area contributed by atoms with Gasteiger partial charge in [-0.25, -0.2) is 0 Å². The molecule has 1 unspecified atom stereocenters. The van der Waals surface area contributed by atoms with Crippen molar-refractivity contribution in [3.8, 4) is 17.1 Å². The van der Waals surface area contributed by atoms with Gasteiger partial charge >= 0.3 is 0 Å². The fourth-order valence-electron chi connectivity index (χ4n) is 3.07. The average Bonchev–Trinajstić information content (AvgIpc) is 3.37. The lowest BCUT2D eigenvalue weighted by Crippen LogP contribution is -2.35. The number of nitrogens with one attached hydrogen (secondary N) is 4. The van der Waals surface area contributed by atoms with Gasteiger partial charge in [0.05, 0.1) is 18.3 Å². The van der Waals surface area contributed by atoms with Gasteiger partial charge in [-0.3, -0.25) is 10.4 Å². The van der Waals surface area contributed by atoms with Crippen molar-refractivity contribution in [2.75, 3.05) is 11.9 Å². The molecule has 4 rings (SSSR count). The van der Waals surface area contributed by atoms with Crippen LogP contribution in [0.5, 0.6) is 5.75 Å². The molecule has 2 aromatic carbocycles. The van der Waals surface area contributed by atoms with Gasteiger partial charge in [-0.2, -0.15) is 5.10 Å². The largest absolute Gasteiger partial charge is 0.493 e. The van der Waals surface area contributed by atoms with Gasteiger partial charge in [0.25, 0.3) is 0 Å². The van der Waals surface area contributed by atoms with Crippen molar-refractivity contribution in [3.63, 3.8) is 0 Å². The third-order valence-electron chi connectivity index (χ3n) is 4.50. The van der Waals surface area contributed by atoms with Crippen molar-refractivity contribution in [1.82, 2.24) is 30.7 Å². The molecule has 0 aliphatic heterocycles. The molecule has 0 radical (unpaired) electrons. The summed E-state index contributed by atoms with van der Waals surface area (Å²) in [6.45, 7) is 4.41. The monoisotopic (exact) mass is 407 g/mol. The number of aromatic amines is 2. The van der Waals surface area contributed by atoms with Gasteiger partial charge in [-0.15, -0.1) is 10.2 Å². The summed E-state index contributed by atoms with van der Waals surface area (Å²) in [4.78, 5) is 3.18. The number of rotatable bonds is 9. The zero-order valence-electron chi connectivity index (χ0n) is 16.9. The molecule has 4 aromatic rings. The van der Waals surface area contributed by atoms with Crippen LogP contribution in [0.1, 0.15) is 20.3 Å². The van der Waals surface area contributed by atoms with Gasteiger partial charge < -0.3 is 20.1 Å². The van der Waals surface area contributed by atoms with E-state index in [1.165, 1.54) is 0 Å². The van der Waals surface area contributed by atoms with Crippen LogP contribution < -0.4 is 15.4 Å². The molecule has 30 heavy (non-hydrogen) atoms. The Morgan fingerprint density at radius 3 is 2.73 bits per heavy atom. The number of H-pyrrole nitrogens is 2. The summed E-state index contributed by atoms with van der Waals surface area (Å²) in [5, 5.41) is 32.4. The van der Waals surface area contributed by atoms with E-state index in [2.05, 4.69) is 36.0 Å².